The summed E-state index contributed by atoms with van der Waals surface area (Å²) in [6.07, 6.45) is -4.66. The third-order valence-electron chi connectivity index (χ3n) is 5.10. The highest BCUT2D eigenvalue weighted by molar-refractivity contribution is 5.68. The molecule has 47 heavy (non-hydrogen) atoms. The summed E-state index contributed by atoms with van der Waals surface area (Å²) < 4.78 is 58.2. The summed E-state index contributed by atoms with van der Waals surface area (Å²) in [6.45, 7) is 5.99. The van der Waals surface area contributed by atoms with Crippen molar-refractivity contribution >= 4 is 41.8 Å². The van der Waals surface area contributed by atoms with Crippen molar-refractivity contribution in [3.8, 4) is 0 Å². The SMILES string of the molecule is CC(=O)OCC(COCC(COCC(COC(C)=O)OC(C)=O)OC(COCC(COC(C)=O)OC(C)=O)COC(C)=O)OC(C)=O. The molecule has 18 heteroatoms. The molecule has 0 aromatic rings. The van der Waals surface area contributed by atoms with Gasteiger partial charge in [0, 0.05) is 48.5 Å². The molecule has 0 bridgehead atoms. The lowest BCUT2D eigenvalue weighted by atomic mass is 10.3. The van der Waals surface area contributed by atoms with Gasteiger partial charge in [0.15, 0.2) is 18.3 Å². The van der Waals surface area contributed by atoms with Gasteiger partial charge in [-0.2, -0.15) is 0 Å². The molecule has 0 N–H and O–H groups in total. The molecule has 0 fully saturated rings. The molecule has 0 amide bonds. The second-order valence-corrected chi connectivity index (χ2v) is 9.90. The fourth-order valence-electron chi connectivity index (χ4n) is 3.41. The number of hydrogen-bond donors (Lipinski definition) is 0. The summed E-state index contributed by atoms with van der Waals surface area (Å²) in [4.78, 5) is 79.6. The van der Waals surface area contributed by atoms with E-state index in [4.69, 9.17) is 52.1 Å². The predicted molar refractivity (Wildman–Crippen MR) is 154 cm³/mol. The van der Waals surface area contributed by atoms with E-state index in [2.05, 4.69) is 0 Å². The summed E-state index contributed by atoms with van der Waals surface area (Å²) in [5, 5.41) is 0. The second-order valence-electron chi connectivity index (χ2n) is 9.90. The minimum absolute atomic E-state index is 0.195. The number of carbonyl (C=O) groups excluding carboxylic acids is 7. The van der Waals surface area contributed by atoms with Gasteiger partial charge in [-0.1, -0.05) is 0 Å². The molecule has 0 spiro atoms. The molecule has 270 valence electrons. The van der Waals surface area contributed by atoms with E-state index >= 15 is 0 Å². The minimum atomic E-state index is -0.939. The van der Waals surface area contributed by atoms with Crippen molar-refractivity contribution in [2.75, 3.05) is 66.1 Å². The number of hydrogen-bond acceptors (Lipinski definition) is 18. The standard InChI is InChI=1S/C29H46O18/c1-18(30)40-14-26(44-22(5)34)10-37-8-25(9-38-11-27(45-23(6)35)15-41-19(2)31)47-29(17-43-21(4)33)13-39-12-28(46-24(7)36)16-42-20(3)32/h25-29H,8-17H2,1-7H3. The fourth-order valence-corrected chi connectivity index (χ4v) is 3.41. The molecule has 0 saturated carbocycles. The van der Waals surface area contributed by atoms with Gasteiger partial charge in [-0.25, -0.2) is 0 Å². The molecular formula is C29H46O18. The summed E-state index contributed by atoms with van der Waals surface area (Å²) in [5.74, 6) is -4.28. The van der Waals surface area contributed by atoms with E-state index in [9.17, 15) is 33.6 Å². The van der Waals surface area contributed by atoms with Gasteiger partial charge in [-0.3, -0.25) is 33.6 Å². The topological polar surface area (TPSA) is 221 Å². The monoisotopic (exact) mass is 682 g/mol. The van der Waals surface area contributed by atoms with Crippen LogP contribution in [0.5, 0.6) is 0 Å². The van der Waals surface area contributed by atoms with Gasteiger partial charge >= 0.3 is 41.8 Å². The van der Waals surface area contributed by atoms with Crippen molar-refractivity contribution in [1.82, 2.24) is 0 Å². The molecule has 0 heterocycles. The Hall–Kier alpha value is -3.87. The van der Waals surface area contributed by atoms with Crippen molar-refractivity contribution in [3.63, 3.8) is 0 Å². The minimum Gasteiger partial charge on any atom is -0.463 e. The molecule has 4 unspecified atom stereocenters. The highest BCUT2D eigenvalue weighted by atomic mass is 16.6. The van der Waals surface area contributed by atoms with Crippen LogP contribution >= 0.6 is 0 Å². The molecule has 0 aliphatic carbocycles. The number of ether oxygens (including phenoxy) is 11. The van der Waals surface area contributed by atoms with E-state index in [1.807, 2.05) is 0 Å². The Morgan fingerprint density at radius 3 is 0.766 bits per heavy atom. The van der Waals surface area contributed by atoms with Crippen molar-refractivity contribution in [2.45, 2.75) is 79.0 Å². The lowest BCUT2D eigenvalue weighted by Crippen LogP contribution is -2.39. The zero-order valence-electron chi connectivity index (χ0n) is 27.8. The normalized spacial score (nSPS) is 13.9. The van der Waals surface area contributed by atoms with Gasteiger partial charge in [0.1, 0.15) is 38.6 Å². The predicted octanol–water partition coefficient (Wildman–Crippen LogP) is -0.162. The van der Waals surface area contributed by atoms with Gasteiger partial charge in [-0.05, 0) is 0 Å². The molecular weight excluding hydrogens is 636 g/mol. The smallest absolute Gasteiger partial charge is 0.303 e. The van der Waals surface area contributed by atoms with Crippen molar-refractivity contribution in [1.29, 1.82) is 0 Å². The number of esters is 7. The van der Waals surface area contributed by atoms with Crippen LogP contribution in [0.2, 0.25) is 0 Å². The number of rotatable bonds is 25. The van der Waals surface area contributed by atoms with Crippen LogP contribution in [0.3, 0.4) is 0 Å². The van der Waals surface area contributed by atoms with Crippen LogP contribution in [0, 0.1) is 0 Å². The molecule has 0 aromatic heterocycles. The van der Waals surface area contributed by atoms with Crippen LogP contribution in [0.15, 0.2) is 0 Å². The largest absolute Gasteiger partial charge is 0.463 e. The van der Waals surface area contributed by atoms with Crippen molar-refractivity contribution in [3.05, 3.63) is 0 Å². The van der Waals surface area contributed by atoms with Crippen molar-refractivity contribution in [2.24, 2.45) is 0 Å². The van der Waals surface area contributed by atoms with Crippen LogP contribution < -0.4 is 0 Å². The molecule has 0 saturated heterocycles. The third-order valence-corrected chi connectivity index (χ3v) is 5.10. The molecule has 0 rings (SSSR count). The maximum Gasteiger partial charge on any atom is 0.303 e. The second kappa shape index (κ2) is 25.2. The van der Waals surface area contributed by atoms with Crippen LogP contribution in [0.25, 0.3) is 0 Å². The summed E-state index contributed by atoms with van der Waals surface area (Å²) in [5.41, 5.74) is 0. The van der Waals surface area contributed by atoms with Crippen molar-refractivity contribution < 1.29 is 85.7 Å². The summed E-state index contributed by atoms with van der Waals surface area (Å²) in [7, 11) is 0. The summed E-state index contributed by atoms with van der Waals surface area (Å²) in [6, 6.07) is 0. The zero-order valence-corrected chi connectivity index (χ0v) is 27.8. The molecule has 0 aliphatic heterocycles. The zero-order chi connectivity index (χ0) is 35.8. The lowest BCUT2D eigenvalue weighted by Gasteiger charge is -2.26. The molecule has 4 atom stereocenters. The van der Waals surface area contributed by atoms with Crippen LogP contribution in [-0.4, -0.2) is 138 Å². The molecule has 0 radical (unpaired) electrons. The van der Waals surface area contributed by atoms with E-state index in [-0.39, 0.29) is 66.1 Å². The Bertz CT molecular complexity index is 954. The maximum atomic E-state index is 11.5. The molecule has 0 aromatic carbocycles. The Morgan fingerprint density at radius 2 is 0.532 bits per heavy atom. The van der Waals surface area contributed by atoms with Crippen LogP contribution in [-0.2, 0) is 85.7 Å². The van der Waals surface area contributed by atoms with Crippen LogP contribution in [0.1, 0.15) is 48.5 Å². The molecule has 18 nitrogen and oxygen atoms in total. The lowest BCUT2D eigenvalue weighted by molar-refractivity contribution is -0.172. The Balaban J connectivity index is 5.68. The average Bonchev–Trinajstić information content (AvgIpc) is 2.94. The first-order valence-corrected chi connectivity index (χ1v) is 14.5. The van der Waals surface area contributed by atoms with Gasteiger partial charge in [0.25, 0.3) is 0 Å². The van der Waals surface area contributed by atoms with Gasteiger partial charge < -0.3 is 52.1 Å². The Labute approximate surface area is 272 Å². The van der Waals surface area contributed by atoms with E-state index in [0.29, 0.717) is 0 Å². The van der Waals surface area contributed by atoms with E-state index in [1.165, 1.54) is 48.5 Å². The maximum absolute atomic E-state index is 11.5. The van der Waals surface area contributed by atoms with Gasteiger partial charge in [0.2, 0.25) is 0 Å². The molecule has 0 aliphatic rings. The average molecular weight is 683 g/mol. The third kappa shape index (κ3) is 27.0. The van der Waals surface area contributed by atoms with Gasteiger partial charge in [0.05, 0.1) is 39.6 Å². The van der Waals surface area contributed by atoms with E-state index < -0.39 is 72.3 Å². The van der Waals surface area contributed by atoms with Gasteiger partial charge in [-0.15, -0.1) is 0 Å². The Kier molecular flexibility index (Phi) is 23.2. The fraction of sp³-hybridized carbons (Fsp3) is 0.759. The van der Waals surface area contributed by atoms with E-state index in [1.54, 1.807) is 0 Å². The highest BCUT2D eigenvalue weighted by Gasteiger charge is 2.24. The first kappa shape index (κ1) is 43.1. The summed E-state index contributed by atoms with van der Waals surface area (Å²) >= 11 is 0. The van der Waals surface area contributed by atoms with Crippen LogP contribution in [0.4, 0.5) is 0 Å². The highest BCUT2D eigenvalue weighted by Crippen LogP contribution is 2.08. The van der Waals surface area contributed by atoms with E-state index in [0.717, 1.165) is 0 Å². The first-order valence-electron chi connectivity index (χ1n) is 14.5. The Morgan fingerprint density at radius 1 is 0.319 bits per heavy atom. The first-order chi connectivity index (χ1) is 22.1. The quantitative estimate of drug-likeness (QED) is 0.0901. The number of carbonyl (C=O) groups is 7.